The first-order valence-corrected chi connectivity index (χ1v) is 5.84. The van der Waals surface area contributed by atoms with Gasteiger partial charge in [0.25, 0.3) is 6.43 Å². The Bertz CT molecular complexity index is 380. The summed E-state index contributed by atoms with van der Waals surface area (Å²) < 4.78 is 24.2. The number of alkyl halides is 2. The molecule has 1 aliphatic rings. The summed E-state index contributed by atoms with van der Waals surface area (Å²) in [4.78, 5) is 8.62. The second kappa shape index (κ2) is 5.25. The topological polar surface area (TPSA) is 49.8 Å². The molecule has 6 heteroatoms. The lowest BCUT2D eigenvalue weighted by Gasteiger charge is -2.09. The van der Waals surface area contributed by atoms with Crippen molar-refractivity contribution in [2.45, 2.75) is 32.1 Å². The third-order valence-electron chi connectivity index (χ3n) is 2.48. The number of hydrogen-bond donors (Lipinski definition) is 2. The number of nitrogens with zero attached hydrogens (tertiary/aromatic N) is 2. The Morgan fingerprint density at radius 3 is 2.47 bits per heavy atom. The predicted molar refractivity (Wildman–Crippen MR) is 62.7 cm³/mol. The van der Waals surface area contributed by atoms with Gasteiger partial charge in [-0.05, 0) is 19.8 Å². The largest absolute Gasteiger partial charge is 0.370 e. The number of hydrogen-bond acceptors (Lipinski definition) is 4. The van der Waals surface area contributed by atoms with E-state index in [4.69, 9.17) is 0 Å². The number of anilines is 2. The molecule has 1 heterocycles. The van der Waals surface area contributed by atoms with E-state index < -0.39 is 6.43 Å². The lowest BCUT2D eigenvalue weighted by atomic mass is 10.3. The third-order valence-corrected chi connectivity index (χ3v) is 2.48. The summed E-state index contributed by atoms with van der Waals surface area (Å²) in [5.41, 5.74) is 0. The number of nitrogens with one attached hydrogen (secondary N) is 2. The summed E-state index contributed by atoms with van der Waals surface area (Å²) in [5, 5.41) is 5.70. The van der Waals surface area contributed by atoms with Gasteiger partial charge in [-0.25, -0.2) is 18.7 Å². The zero-order valence-electron chi connectivity index (χ0n) is 9.71. The first-order valence-electron chi connectivity index (χ1n) is 5.84. The van der Waals surface area contributed by atoms with Gasteiger partial charge in [-0.15, -0.1) is 0 Å². The van der Waals surface area contributed by atoms with E-state index in [1.165, 1.54) is 0 Å². The van der Waals surface area contributed by atoms with Crippen LogP contribution in [0.4, 0.5) is 20.4 Å². The Morgan fingerprint density at radius 1 is 1.29 bits per heavy atom. The molecule has 1 aromatic heterocycles. The molecule has 1 aliphatic carbocycles. The summed E-state index contributed by atoms with van der Waals surface area (Å²) in [6.45, 7) is 2.33. The summed E-state index contributed by atoms with van der Waals surface area (Å²) in [6, 6.07) is 1.66. The zero-order chi connectivity index (χ0) is 12.3. The lowest BCUT2D eigenvalue weighted by Crippen LogP contribution is -2.13. The van der Waals surface area contributed by atoms with Crippen molar-refractivity contribution in [2.24, 2.45) is 0 Å². The predicted octanol–water partition coefficient (Wildman–Crippen LogP) is 2.46. The maximum absolute atomic E-state index is 12.1. The molecule has 17 heavy (non-hydrogen) atoms. The molecule has 1 aromatic rings. The van der Waals surface area contributed by atoms with Crippen molar-refractivity contribution < 1.29 is 8.78 Å². The highest BCUT2D eigenvalue weighted by molar-refractivity contribution is 5.48. The number of halogens is 2. The van der Waals surface area contributed by atoms with Crippen LogP contribution in [-0.4, -0.2) is 29.5 Å². The van der Waals surface area contributed by atoms with Crippen LogP contribution in [-0.2, 0) is 0 Å². The Balaban J connectivity index is 2.12. The van der Waals surface area contributed by atoms with E-state index in [2.05, 4.69) is 20.6 Å². The first-order chi connectivity index (χ1) is 8.19. The summed E-state index contributed by atoms with van der Waals surface area (Å²) in [6.07, 6.45) is -0.204. The van der Waals surface area contributed by atoms with E-state index in [-0.39, 0.29) is 6.54 Å². The highest BCUT2D eigenvalue weighted by Crippen LogP contribution is 2.38. The Hall–Kier alpha value is -1.46. The molecule has 2 N–H and O–H groups in total. The molecular weight excluding hydrogens is 226 g/mol. The van der Waals surface area contributed by atoms with Crippen molar-refractivity contribution in [3.8, 4) is 0 Å². The maximum Gasteiger partial charge on any atom is 0.255 e. The van der Waals surface area contributed by atoms with Gasteiger partial charge in [0, 0.05) is 18.5 Å². The fraction of sp³-hybridized carbons (Fsp3) is 0.636. The molecule has 0 radical (unpaired) electrons. The van der Waals surface area contributed by atoms with Gasteiger partial charge in [0.15, 0.2) is 0 Å². The van der Waals surface area contributed by atoms with Crippen LogP contribution in [0.25, 0.3) is 0 Å². The van der Waals surface area contributed by atoms with E-state index in [0.29, 0.717) is 17.6 Å². The lowest BCUT2D eigenvalue weighted by molar-refractivity contribution is 0.163. The molecule has 0 saturated heterocycles. The minimum absolute atomic E-state index is 0.382. The fourth-order valence-corrected chi connectivity index (χ4v) is 1.53. The van der Waals surface area contributed by atoms with Crippen LogP contribution < -0.4 is 10.6 Å². The molecule has 0 atom stereocenters. The molecule has 0 aliphatic heterocycles. The SMILES string of the molecule is CCNc1cc(NCC(F)F)nc(C2CC2)n1. The average Bonchev–Trinajstić information content (AvgIpc) is 3.10. The first kappa shape index (κ1) is 12.0. The molecule has 0 bridgehead atoms. The molecule has 4 nitrogen and oxygen atoms in total. The highest BCUT2D eigenvalue weighted by Gasteiger charge is 2.27. The fourth-order valence-electron chi connectivity index (χ4n) is 1.53. The van der Waals surface area contributed by atoms with Crippen LogP contribution in [0.3, 0.4) is 0 Å². The normalized spacial score (nSPS) is 15.1. The second-order valence-electron chi connectivity index (χ2n) is 4.07. The van der Waals surface area contributed by atoms with Crippen LogP contribution >= 0.6 is 0 Å². The molecular formula is C11H16F2N4. The average molecular weight is 242 g/mol. The molecule has 0 amide bonds. The van der Waals surface area contributed by atoms with E-state index >= 15 is 0 Å². The second-order valence-corrected chi connectivity index (χ2v) is 4.07. The highest BCUT2D eigenvalue weighted by atomic mass is 19.3. The van der Waals surface area contributed by atoms with Crippen LogP contribution in [0, 0.1) is 0 Å². The monoisotopic (exact) mass is 242 g/mol. The van der Waals surface area contributed by atoms with Crippen LogP contribution in [0.2, 0.25) is 0 Å². The Labute approximate surface area is 98.9 Å². The molecule has 1 fully saturated rings. The van der Waals surface area contributed by atoms with Crippen molar-refractivity contribution in [3.05, 3.63) is 11.9 Å². The van der Waals surface area contributed by atoms with Crippen molar-refractivity contribution in [3.63, 3.8) is 0 Å². The molecule has 0 spiro atoms. The van der Waals surface area contributed by atoms with Crippen molar-refractivity contribution in [1.82, 2.24) is 9.97 Å². The molecule has 2 rings (SSSR count). The minimum Gasteiger partial charge on any atom is -0.370 e. The van der Waals surface area contributed by atoms with Gasteiger partial charge in [-0.3, -0.25) is 0 Å². The van der Waals surface area contributed by atoms with Crippen LogP contribution in [0.1, 0.15) is 31.5 Å². The molecule has 94 valence electrons. The third kappa shape index (κ3) is 3.51. The molecule has 1 saturated carbocycles. The van der Waals surface area contributed by atoms with Gasteiger partial charge in [0.1, 0.15) is 17.5 Å². The quantitative estimate of drug-likeness (QED) is 0.804. The smallest absolute Gasteiger partial charge is 0.255 e. The standard InChI is InChI=1S/C11H16F2N4/c1-2-14-9-5-10(15-6-8(12)13)17-11(16-9)7-3-4-7/h5,7-8H,2-4,6H2,1H3,(H2,14,15,16,17). The van der Waals surface area contributed by atoms with Gasteiger partial charge in [-0.1, -0.05) is 0 Å². The van der Waals surface area contributed by atoms with Gasteiger partial charge < -0.3 is 10.6 Å². The van der Waals surface area contributed by atoms with E-state index in [1.807, 2.05) is 6.92 Å². The van der Waals surface area contributed by atoms with E-state index in [9.17, 15) is 8.78 Å². The summed E-state index contributed by atoms with van der Waals surface area (Å²) in [7, 11) is 0. The summed E-state index contributed by atoms with van der Waals surface area (Å²) in [5.74, 6) is 2.32. The van der Waals surface area contributed by atoms with Gasteiger partial charge in [0.05, 0.1) is 6.54 Å². The molecule has 0 unspecified atom stereocenters. The Morgan fingerprint density at radius 2 is 1.94 bits per heavy atom. The number of rotatable bonds is 6. The van der Waals surface area contributed by atoms with Gasteiger partial charge in [0.2, 0.25) is 0 Å². The zero-order valence-corrected chi connectivity index (χ0v) is 9.71. The van der Waals surface area contributed by atoms with Crippen molar-refractivity contribution in [2.75, 3.05) is 23.7 Å². The summed E-state index contributed by atoms with van der Waals surface area (Å²) >= 11 is 0. The van der Waals surface area contributed by atoms with E-state index in [1.54, 1.807) is 6.07 Å². The van der Waals surface area contributed by atoms with Gasteiger partial charge in [-0.2, -0.15) is 0 Å². The van der Waals surface area contributed by atoms with Crippen LogP contribution in [0.15, 0.2) is 6.07 Å². The van der Waals surface area contributed by atoms with Gasteiger partial charge >= 0.3 is 0 Å². The minimum atomic E-state index is -2.38. The van der Waals surface area contributed by atoms with Crippen LogP contribution in [0.5, 0.6) is 0 Å². The van der Waals surface area contributed by atoms with Crippen molar-refractivity contribution in [1.29, 1.82) is 0 Å². The van der Waals surface area contributed by atoms with E-state index in [0.717, 1.165) is 25.2 Å². The number of aromatic nitrogens is 2. The molecule has 0 aromatic carbocycles. The van der Waals surface area contributed by atoms with Crippen molar-refractivity contribution >= 4 is 11.6 Å². The Kier molecular flexibility index (Phi) is 3.71. The maximum atomic E-state index is 12.1.